The first-order valence-electron chi connectivity index (χ1n) is 7.92. The average Bonchev–Trinajstić information content (AvgIpc) is 2.92. The van der Waals surface area contributed by atoms with Crippen molar-refractivity contribution in [2.45, 2.75) is 13.3 Å². The van der Waals surface area contributed by atoms with Gasteiger partial charge in [0, 0.05) is 19.3 Å². The van der Waals surface area contributed by atoms with Gasteiger partial charge in [0.25, 0.3) is 0 Å². The van der Waals surface area contributed by atoms with E-state index in [4.69, 9.17) is 5.11 Å². The fourth-order valence-corrected chi connectivity index (χ4v) is 3.01. The molecule has 2 N–H and O–H groups in total. The van der Waals surface area contributed by atoms with Gasteiger partial charge in [0.05, 0.1) is 5.92 Å². The number of benzene rings is 2. The molecule has 0 bridgehead atoms. The maximum atomic E-state index is 12.2. The van der Waals surface area contributed by atoms with Crippen LogP contribution in [0.15, 0.2) is 42.5 Å². The third kappa shape index (κ3) is 3.11. The number of carbonyl (C=O) groups is 2. The summed E-state index contributed by atoms with van der Waals surface area (Å²) in [5.41, 5.74) is 5.66. The van der Waals surface area contributed by atoms with E-state index in [0.29, 0.717) is 0 Å². The summed E-state index contributed by atoms with van der Waals surface area (Å²) in [5.74, 6) is -1.51. The van der Waals surface area contributed by atoms with Crippen molar-refractivity contribution in [1.82, 2.24) is 4.90 Å². The highest BCUT2D eigenvalue weighted by molar-refractivity contribution is 5.90. The van der Waals surface area contributed by atoms with Crippen LogP contribution in [0.5, 0.6) is 0 Å². The number of carboxylic acids is 1. The lowest BCUT2D eigenvalue weighted by molar-refractivity contribution is -0.141. The van der Waals surface area contributed by atoms with Crippen molar-refractivity contribution in [2.24, 2.45) is 5.92 Å². The van der Waals surface area contributed by atoms with E-state index in [9.17, 15) is 9.59 Å². The first-order valence-corrected chi connectivity index (χ1v) is 7.92. The second-order valence-corrected chi connectivity index (χ2v) is 6.26. The van der Waals surface area contributed by atoms with Gasteiger partial charge in [-0.2, -0.15) is 0 Å². The highest BCUT2D eigenvalue weighted by atomic mass is 16.4. The van der Waals surface area contributed by atoms with Gasteiger partial charge in [0.15, 0.2) is 0 Å². The summed E-state index contributed by atoms with van der Waals surface area (Å²) in [6.45, 7) is 1.75. The Hall–Kier alpha value is -2.82. The largest absolute Gasteiger partial charge is 0.481 e. The number of nitrogens with one attached hydrogen (secondary N) is 1. The number of nitrogens with zero attached hydrogens (tertiary/aromatic N) is 1. The molecule has 5 nitrogen and oxygen atoms in total. The first kappa shape index (κ1) is 16.1. The van der Waals surface area contributed by atoms with Crippen LogP contribution >= 0.6 is 0 Å². The molecule has 0 spiro atoms. The van der Waals surface area contributed by atoms with Gasteiger partial charge in [-0.1, -0.05) is 37.3 Å². The summed E-state index contributed by atoms with van der Waals surface area (Å²) >= 11 is 0. The van der Waals surface area contributed by atoms with Crippen molar-refractivity contribution in [3.8, 4) is 11.1 Å². The molecule has 2 aromatic carbocycles. The van der Waals surface area contributed by atoms with Crippen molar-refractivity contribution in [1.29, 1.82) is 0 Å². The smallest absolute Gasteiger partial charge is 0.321 e. The average molecular weight is 324 g/mol. The van der Waals surface area contributed by atoms with Crippen molar-refractivity contribution >= 4 is 17.7 Å². The third-order valence-corrected chi connectivity index (χ3v) is 4.36. The van der Waals surface area contributed by atoms with E-state index in [1.807, 2.05) is 30.3 Å². The number of rotatable bonds is 4. The Morgan fingerprint density at radius 1 is 1.17 bits per heavy atom. The number of aliphatic carboxylic acids is 1. The molecule has 1 atom stereocenters. The van der Waals surface area contributed by atoms with E-state index in [1.165, 1.54) is 27.2 Å². The Kier molecular flexibility index (Phi) is 4.25. The lowest BCUT2D eigenvalue weighted by Crippen LogP contribution is -2.36. The summed E-state index contributed by atoms with van der Waals surface area (Å²) in [6.07, 6.45) is 0.862. The molecule has 3 rings (SSSR count). The molecule has 5 heteroatoms. The molecule has 0 radical (unpaired) electrons. The summed E-state index contributed by atoms with van der Waals surface area (Å²) < 4.78 is 0. The van der Waals surface area contributed by atoms with Crippen molar-refractivity contribution in [2.75, 3.05) is 18.9 Å². The van der Waals surface area contributed by atoms with Crippen LogP contribution in [0.1, 0.15) is 18.1 Å². The van der Waals surface area contributed by atoms with Crippen LogP contribution in [0, 0.1) is 5.92 Å². The normalized spacial score (nSPS) is 12.9. The van der Waals surface area contributed by atoms with Crippen LogP contribution in [-0.4, -0.2) is 35.6 Å². The second-order valence-electron chi connectivity index (χ2n) is 6.26. The molecule has 1 aliphatic carbocycles. The van der Waals surface area contributed by atoms with Gasteiger partial charge < -0.3 is 15.3 Å². The minimum absolute atomic E-state index is 0.164. The molecule has 1 unspecified atom stereocenters. The molecular formula is C19H20N2O3. The van der Waals surface area contributed by atoms with E-state index in [2.05, 4.69) is 17.4 Å². The highest BCUT2D eigenvalue weighted by Crippen LogP contribution is 2.37. The van der Waals surface area contributed by atoms with E-state index >= 15 is 0 Å². The SMILES string of the molecule is CC(CN(C)C(=O)Nc1ccc2c(c1)Cc1ccccc1-2)C(=O)O. The van der Waals surface area contributed by atoms with Crippen LogP contribution in [0.3, 0.4) is 0 Å². The molecule has 2 amide bonds. The Labute approximate surface area is 140 Å². The number of hydrogen-bond acceptors (Lipinski definition) is 2. The summed E-state index contributed by atoms with van der Waals surface area (Å²) in [7, 11) is 1.60. The molecule has 124 valence electrons. The van der Waals surface area contributed by atoms with E-state index in [-0.39, 0.29) is 12.6 Å². The van der Waals surface area contributed by atoms with Crippen LogP contribution in [-0.2, 0) is 11.2 Å². The number of anilines is 1. The second kappa shape index (κ2) is 6.35. The molecular weight excluding hydrogens is 304 g/mol. The predicted molar refractivity (Wildman–Crippen MR) is 93.1 cm³/mol. The fourth-order valence-electron chi connectivity index (χ4n) is 3.01. The number of amides is 2. The molecule has 1 aliphatic rings. The van der Waals surface area contributed by atoms with Gasteiger partial charge in [-0.15, -0.1) is 0 Å². The fraction of sp³-hybridized carbons (Fsp3) is 0.263. The molecule has 0 saturated heterocycles. The lowest BCUT2D eigenvalue weighted by atomic mass is 10.1. The number of carbonyl (C=O) groups excluding carboxylic acids is 1. The Morgan fingerprint density at radius 2 is 1.88 bits per heavy atom. The zero-order valence-corrected chi connectivity index (χ0v) is 13.7. The quantitative estimate of drug-likeness (QED) is 0.772. The zero-order chi connectivity index (χ0) is 17.3. The van der Waals surface area contributed by atoms with Gasteiger partial charge in [-0.3, -0.25) is 4.79 Å². The molecule has 0 saturated carbocycles. The Morgan fingerprint density at radius 3 is 2.62 bits per heavy atom. The number of urea groups is 1. The highest BCUT2D eigenvalue weighted by Gasteiger charge is 2.20. The number of carboxylic acid groups (broad SMARTS) is 1. The van der Waals surface area contributed by atoms with Crippen molar-refractivity contribution in [3.05, 3.63) is 53.6 Å². The summed E-state index contributed by atoms with van der Waals surface area (Å²) in [4.78, 5) is 24.5. The first-order chi connectivity index (χ1) is 11.5. The van der Waals surface area contributed by atoms with Crippen LogP contribution in [0.2, 0.25) is 0 Å². The third-order valence-electron chi connectivity index (χ3n) is 4.36. The van der Waals surface area contributed by atoms with E-state index in [0.717, 1.165) is 12.1 Å². The van der Waals surface area contributed by atoms with Crippen molar-refractivity contribution < 1.29 is 14.7 Å². The predicted octanol–water partition coefficient (Wildman–Crippen LogP) is 3.44. The minimum atomic E-state index is -0.912. The standard InChI is InChI=1S/C19H20N2O3/c1-12(18(22)23)11-21(2)19(24)20-15-7-8-17-14(10-15)9-13-5-3-4-6-16(13)17/h3-8,10,12H,9,11H2,1-2H3,(H,20,24)(H,22,23). The molecule has 0 aromatic heterocycles. The summed E-state index contributed by atoms with van der Waals surface area (Å²) in [5, 5.41) is 11.8. The maximum absolute atomic E-state index is 12.2. The van der Waals surface area contributed by atoms with Crippen molar-refractivity contribution in [3.63, 3.8) is 0 Å². The Balaban J connectivity index is 1.70. The number of fused-ring (bicyclic) bond motifs is 3. The lowest BCUT2D eigenvalue weighted by Gasteiger charge is -2.20. The van der Waals surface area contributed by atoms with Gasteiger partial charge in [-0.25, -0.2) is 4.79 Å². The molecule has 0 fully saturated rings. The van der Waals surface area contributed by atoms with Gasteiger partial charge in [0.2, 0.25) is 0 Å². The molecule has 0 aliphatic heterocycles. The van der Waals surface area contributed by atoms with E-state index < -0.39 is 11.9 Å². The van der Waals surface area contributed by atoms with Crippen LogP contribution in [0.25, 0.3) is 11.1 Å². The number of hydrogen-bond donors (Lipinski definition) is 2. The zero-order valence-electron chi connectivity index (χ0n) is 13.7. The van der Waals surface area contributed by atoms with Gasteiger partial charge in [-0.05, 0) is 40.8 Å². The molecule has 0 heterocycles. The molecule has 24 heavy (non-hydrogen) atoms. The maximum Gasteiger partial charge on any atom is 0.321 e. The topological polar surface area (TPSA) is 69.6 Å². The Bertz CT molecular complexity index is 801. The molecule has 2 aromatic rings. The van der Waals surface area contributed by atoms with Crippen LogP contribution < -0.4 is 5.32 Å². The minimum Gasteiger partial charge on any atom is -0.481 e. The monoisotopic (exact) mass is 324 g/mol. The van der Waals surface area contributed by atoms with Gasteiger partial charge >= 0.3 is 12.0 Å². The van der Waals surface area contributed by atoms with Crippen LogP contribution in [0.4, 0.5) is 10.5 Å². The summed E-state index contributed by atoms with van der Waals surface area (Å²) in [6, 6.07) is 13.9. The van der Waals surface area contributed by atoms with E-state index in [1.54, 1.807) is 14.0 Å². The van der Waals surface area contributed by atoms with Gasteiger partial charge in [0.1, 0.15) is 0 Å².